The van der Waals surface area contributed by atoms with E-state index in [1.54, 1.807) is 0 Å². The van der Waals surface area contributed by atoms with Crippen LogP contribution in [0.15, 0.2) is 0 Å². The Kier molecular flexibility index (Phi) is 2.61. The molecule has 0 spiro atoms. The lowest BCUT2D eigenvalue weighted by molar-refractivity contribution is 0.138. The van der Waals surface area contributed by atoms with Gasteiger partial charge in [0.25, 0.3) is 0 Å². The molecule has 0 nitrogen and oxygen atoms in total. The summed E-state index contributed by atoms with van der Waals surface area (Å²) in [5.41, 5.74) is 0.360. The first-order chi connectivity index (χ1) is 5.08. The van der Waals surface area contributed by atoms with Crippen molar-refractivity contribution in [1.82, 2.24) is 0 Å². The molecule has 1 saturated carbocycles. The predicted octanol–water partition coefficient (Wildman–Crippen LogP) is 3.55. The van der Waals surface area contributed by atoms with E-state index in [1.165, 1.54) is 19.3 Å². The molecule has 0 saturated heterocycles. The molecule has 0 heterocycles. The van der Waals surface area contributed by atoms with Crippen molar-refractivity contribution >= 4 is 0 Å². The average molecular weight is 152 g/mol. The van der Waals surface area contributed by atoms with E-state index in [1.807, 2.05) is 0 Å². The second kappa shape index (κ2) is 3.16. The molecule has 1 aliphatic carbocycles. The fourth-order valence-electron chi connectivity index (χ4n) is 2.14. The minimum absolute atomic E-state index is 0.360. The molecule has 0 aromatic rings. The fraction of sp³-hybridized carbons (Fsp3) is 0.909. The first-order valence-electron chi connectivity index (χ1n) is 4.83. The van der Waals surface area contributed by atoms with Crippen LogP contribution in [0.25, 0.3) is 0 Å². The molecule has 0 aromatic heterocycles. The highest BCUT2D eigenvalue weighted by atomic mass is 14.4. The lowest BCUT2D eigenvalue weighted by atomic mass is 9.64. The monoisotopic (exact) mass is 152 g/mol. The van der Waals surface area contributed by atoms with E-state index < -0.39 is 0 Å². The van der Waals surface area contributed by atoms with Crippen molar-refractivity contribution in [3.63, 3.8) is 0 Å². The van der Waals surface area contributed by atoms with Crippen LogP contribution < -0.4 is 0 Å². The third kappa shape index (κ3) is 1.77. The van der Waals surface area contributed by atoms with Gasteiger partial charge in [0, 0.05) is 0 Å². The summed E-state index contributed by atoms with van der Waals surface area (Å²) in [6.45, 7) is 9.32. The molecule has 2 atom stereocenters. The van der Waals surface area contributed by atoms with Crippen molar-refractivity contribution in [3.8, 4) is 0 Å². The van der Waals surface area contributed by atoms with Gasteiger partial charge in [-0.1, -0.05) is 34.1 Å². The predicted molar refractivity (Wildman–Crippen MR) is 49.2 cm³/mol. The summed E-state index contributed by atoms with van der Waals surface area (Å²) in [4.78, 5) is 0. The lowest BCUT2D eigenvalue weighted by Crippen LogP contribution is -2.32. The van der Waals surface area contributed by atoms with E-state index in [-0.39, 0.29) is 0 Å². The third-order valence-corrected chi connectivity index (χ3v) is 3.47. The molecule has 0 heteroatoms. The van der Waals surface area contributed by atoms with Crippen LogP contribution in [0.2, 0.25) is 0 Å². The van der Waals surface area contributed by atoms with Gasteiger partial charge in [0.05, 0.1) is 0 Å². The topological polar surface area (TPSA) is 0 Å². The van der Waals surface area contributed by atoms with Crippen LogP contribution in [0.5, 0.6) is 0 Å². The van der Waals surface area contributed by atoms with E-state index in [0.29, 0.717) is 5.41 Å². The van der Waals surface area contributed by atoms with Crippen LogP contribution in [0.1, 0.15) is 47.0 Å². The first kappa shape index (κ1) is 9.09. The second-order valence-corrected chi connectivity index (χ2v) is 4.39. The van der Waals surface area contributed by atoms with E-state index in [4.69, 9.17) is 0 Å². The molecule has 0 N–H and O–H groups in total. The minimum Gasteiger partial charge on any atom is -0.0651 e. The Morgan fingerprint density at radius 3 is 2.55 bits per heavy atom. The van der Waals surface area contributed by atoms with Gasteiger partial charge in [0.2, 0.25) is 0 Å². The van der Waals surface area contributed by atoms with Gasteiger partial charge >= 0.3 is 0 Å². The highest BCUT2D eigenvalue weighted by Crippen LogP contribution is 2.43. The maximum absolute atomic E-state index is 3.57. The van der Waals surface area contributed by atoms with Crippen LogP contribution >= 0.6 is 0 Å². The Balaban J connectivity index is 2.60. The second-order valence-electron chi connectivity index (χ2n) is 4.39. The maximum Gasteiger partial charge on any atom is -0.0109 e. The standard InChI is InChI=1S/C11H20/c1-5-10-7-6-8-11(3,4)9(10)2/h9-10H,5-7H2,1-4H3. The molecule has 0 aliphatic heterocycles. The van der Waals surface area contributed by atoms with Crippen molar-refractivity contribution in [2.24, 2.45) is 17.3 Å². The molecule has 2 radical (unpaired) electrons. The highest BCUT2D eigenvalue weighted by Gasteiger charge is 2.34. The molecule has 11 heavy (non-hydrogen) atoms. The minimum atomic E-state index is 0.360. The molecule has 1 rings (SSSR count). The van der Waals surface area contributed by atoms with Gasteiger partial charge in [0.1, 0.15) is 0 Å². The molecule has 0 aromatic carbocycles. The van der Waals surface area contributed by atoms with Crippen LogP contribution in [0.3, 0.4) is 0 Å². The summed E-state index contributed by atoms with van der Waals surface area (Å²) in [5.74, 6) is 1.76. The molecule has 64 valence electrons. The molecule has 2 unspecified atom stereocenters. The van der Waals surface area contributed by atoms with Crippen LogP contribution in [-0.4, -0.2) is 0 Å². The van der Waals surface area contributed by atoms with Crippen molar-refractivity contribution < 1.29 is 0 Å². The van der Waals surface area contributed by atoms with Gasteiger partial charge in [0.15, 0.2) is 0 Å². The Hall–Kier alpha value is 0. The van der Waals surface area contributed by atoms with Crippen molar-refractivity contribution in [2.45, 2.75) is 47.0 Å². The zero-order valence-corrected chi connectivity index (χ0v) is 8.28. The van der Waals surface area contributed by atoms with Gasteiger partial charge in [-0.2, -0.15) is 0 Å². The normalized spacial score (nSPS) is 37.1. The van der Waals surface area contributed by atoms with Crippen LogP contribution in [0.4, 0.5) is 0 Å². The summed E-state index contributed by atoms with van der Waals surface area (Å²) in [6, 6.07) is 0. The van der Waals surface area contributed by atoms with Gasteiger partial charge in [-0.05, 0) is 36.5 Å². The van der Waals surface area contributed by atoms with Crippen LogP contribution in [0, 0.1) is 23.7 Å². The van der Waals surface area contributed by atoms with Gasteiger partial charge < -0.3 is 0 Å². The molecule has 0 bridgehead atoms. The summed E-state index contributed by atoms with van der Waals surface area (Å²) in [5, 5.41) is 0. The van der Waals surface area contributed by atoms with Gasteiger partial charge in [-0.25, -0.2) is 0 Å². The lowest BCUT2D eigenvalue weighted by Gasteiger charge is -2.41. The zero-order valence-electron chi connectivity index (χ0n) is 8.28. The van der Waals surface area contributed by atoms with E-state index in [9.17, 15) is 0 Å². The molecule has 0 amide bonds. The maximum atomic E-state index is 3.57. The largest absolute Gasteiger partial charge is 0.0651 e. The quantitative estimate of drug-likeness (QED) is 0.539. The smallest absolute Gasteiger partial charge is 0.0109 e. The van der Waals surface area contributed by atoms with Crippen molar-refractivity contribution in [1.29, 1.82) is 0 Å². The van der Waals surface area contributed by atoms with Gasteiger partial charge in [-0.3, -0.25) is 0 Å². The Bertz CT molecular complexity index is 124. The molecule has 1 aliphatic rings. The Morgan fingerprint density at radius 1 is 1.45 bits per heavy atom. The third-order valence-electron chi connectivity index (χ3n) is 3.47. The number of rotatable bonds is 1. The Labute approximate surface area is 71.4 Å². The van der Waals surface area contributed by atoms with Crippen molar-refractivity contribution in [3.05, 3.63) is 6.42 Å². The average Bonchev–Trinajstić information content (AvgIpc) is 1.95. The summed E-state index contributed by atoms with van der Waals surface area (Å²) >= 11 is 0. The molecular weight excluding hydrogens is 132 g/mol. The van der Waals surface area contributed by atoms with E-state index in [0.717, 1.165) is 11.8 Å². The fourth-order valence-corrected chi connectivity index (χ4v) is 2.14. The van der Waals surface area contributed by atoms with E-state index in [2.05, 4.69) is 34.1 Å². The molecule has 1 fully saturated rings. The van der Waals surface area contributed by atoms with Crippen LogP contribution in [-0.2, 0) is 0 Å². The first-order valence-corrected chi connectivity index (χ1v) is 4.83. The number of hydrogen-bond donors (Lipinski definition) is 0. The summed E-state index contributed by atoms with van der Waals surface area (Å²) < 4.78 is 0. The SMILES string of the molecule is CCC1CC[C]C(C)(C)C1C. The van der Waals surface area contributed by atoms with E-state index >= 15 is 0 Å². The highest BCUT2D eigenvalue weighted by molar-refractivity contribution is 4.95. The number of hydrogen-bond acceptors (Lipinski definition) is 0. The Morgan fingerprint density at radius 2 is 2.09 bits per heavy atom. The van der Waals surface area contributed by atoms with Gasteiger partial charge in [-0.15, -0.1) is 0 Å². The summed E-state index contributed by atoms with van der Waals surface area (Å²) in [7, 11) is 0. The van der Waals surface area contributed by atoms with Crippen molar-refractivity contribution in [2.75, 3.05) is 0 Å². The molecular formula is C11H20. The summed E-state index contributed by atoms with van der Waals surface area (Å²) in [6.07, 6.45) is 7.48. The zero-order chi connectivity index (χ0) is 8.48.